The predicted molar refractivity (Wildman–Crippen MR) is 40.6 cm³/mol. The van der Waals surface area contributed by atoms with Crippen LogP contribution in [0.4, 0.5) is 0 Å². The number of carbonyl (C=O) groups is 1. The summed E-state index contributed by atoms with van der Waals surface area (Å²) in [5, 5.41) is 29.4. The molecule has 1 aromatic heterocycles. The Hall–Kier alpha value is -1.87. The van der Waals surface area contributed by atoms with Crippen LogP contribution < -0.4 is 0 Å². The number of carboxylic acids is 1. The molecule has 1 heterocycles. The Morgan fingerprint density at radius 2 is 2.54 bits per heavy atom. The molecule has 0 saturated carbocycles. The van der Waals surface area contributed by atoms with Crippen LogP contribution in [0.3, 0.4) is 0 Å². The molecular weight excluding hydrogens is 174 g/mol. The second-order valence-corrected chi connectivity index (χ2v) is 2.42. The van der Waals surface area contributed by atoms with E-state index in [9.17, 15) is 4.79 Å². The monoisotopic (exact) mass is 181 g/mol. The third-order valence-electron chi connectivity index (χ3n) is 1.41. The fourth-order valence-corrected chi connectivity index (χ4v) is 0.776. The molecule has 0 bridgehead atoms. The maximum absolute atomic E-state index is 10.2. The van der Waals surface area contributed by atoms with Gasteiger partial charge in [0.25, 0.3) is 0 Å². The lowest BCUT2D eigenvalue weighted by Gasteiger charge is -2.03. The second kappa shape index (κ2) is 3.69. The number of nitriles is 1. The summed E-state index contributed by atoms with van der Waals surface area (Å²) in [5.41, 5.74) is 0.331. The van der Waals surface area contributed by atoms with E-state index in [1.165, 1.54) is 17.1 Å². The Bertz CT molecular complexity index is 352. The summed E-state index contributed by atoms with van der Waals surface area (Å²) in [5.74, 6) is -1.31. The van der Waals surface area contributed by atoms with Gasteiger partial charge in [0.15, 0.2) is 6.10 Å². The molecule has 6 heteroatoms. The van der Waals surface area contributed by atoms with Gasteiger partial charge in [-0.25, -0.2) is 4.79 Å². The van der Waals surface area contributed by atoms with Crippen LogP contribution in [0.2, 0.25) is 0 Å². The van der Waals surface area contributed by atoms with Crippen molar-refractivity contribution in [2.45, 2.75) is 12.6 Å². The van der Waals surface area contributed by atoms with Crippen molar-refractivity contribution in [1.82, 2.24) is 9.78 Å². The summed E-state index contributed by atoms with van der Waals surface area (Å²) in [6, 6.07) is 1.84. The van der Waals surface area contributed by atoms with E-state index >= 15 is 0 Å². The Labute approximate surface area is 73.6 Å². The molecule has 2 N–H and O–H groups in total. The molecule has 6 nitrogen and oxygen atoms in total. The van der Waals surface area contributed by atoms with Crippen molar-refractivity contribution in [2.75, 3.05) is 0 Å². The van der Waals surface area contributed by atoms with E-state index in [1.807, 2.05) is 6.07 Å². The van der Waals surface area contributed by atoms with Crippen LogP contribution >= 0.6 is 0 Å². The second-order valence-electron chi connectivity index (χ2n) is 2.42. The Kier molecular flexibility index (Phi) is 2.62. The van der Waals surface area contributed by atoms with E-state index in [0.29, 0.717) is 5.56 Å². The highest BCUT2D eigenvalue weighted by Gasteiger charge is 2.13. The van der Waals surface area contributed by atoms with Gasteiger partial charge in [-0.05, 0) is 0 Å². The Morgan fingerprint density at radius 3 is 3.00 bits per heavy atom. The standard InChI is InChI=1S/C7H7N3O3/c8-1-5-2-9-10(3-5)4-6(11)7(12)13/h2-3,6,11H,4H2,(H,12,13)/t6-/m1/s1. The van der Waals surface area contributed by atoms with Crippen LogP contribution in [0, 0.1) is 11.3 Å². The molecule has 0 saturated heterocycles. The van der Waals surface area contributed by atoms with Gasteiger partial charge in [0.1, 0.15) is 6.07 Å². The van der Waals surface area contributed by atoms with Gasteiger partial charge in [-0.3, -0.25) is 4.68 Å². The average Bonchev–Trinajstić information content (AvgIpc) is 2.52. The number of hydrogen-bond acceptors (Lipinski definition) is 4. The SMILES string of the molecule is N#Cc1cnn(C[C@@H](O)C(=O)O)c1. The number of rotatable bonds is 3. The maximum Gasteiger partial charge on any atom is 0.334 e. The molecule has 13 heavy (non-hydrogen) atoms. The number of hydrogen-bond donors (Lipinski definition) is 2. The van der Waals surface area contributed by atoms with Gasteiger partial charge >= 0.3 is 5.97 Å². The van der Waals surface area contributed by atoms with E-state index < -0.39 is 12.1 Å². The summed E-state index contributed by atoms with van der Waals surface area (Å²) in [7, 11) is 0. The zero-order valence-electron chi connectivity index (χ0n) is 6.58. The summed E-state index contributed by atoms with van der Waals surface area (Å²) >= 11 is 0. The zero-order chi connectivity index (χ0) is 9.84. The minimum Gasteiger partial charge on any atom is -0.479 e. The topological polar surface area (TPSA) is 99.1 Å². The van der Waals surface area contributed by atoms with Gasteiger partial charge in [0, 0.05) is 6.20 Å². The van der Waals surface area contributed by atoms with Crippen molar-refractivity contribution >= 4 is 5.97 Å². The normalized spacial score (nSPS) is 12.0. The largest absolute Gasteiger partial charge is 0.479 e. The molecule has 0 radical (unpaired) electrons. The van der Waals surface area contributed by atoms with E-state index in [4.69, 9.17) is 15.5 Å². The third-order valence-corrected chi connectivity index (χ3v) is 1.41. The molecule has 0 spiro atoms. The molecular formula is C7H7N3O3. The zero-order valence-corrected chi connectivity index (χ0v) is 6.58. The molecule has 0 aliphatic rings. The molecule has 0 aromatic carbocycles. The van der Waals surface area contributed by atoms with E-state index in [2.05, 4.69) is 5.10 Å². The first kappa shape index (κ1) is 9.22. The number of aliphatic hydroxyl groups is 1. The Balaban J connectivity index is 2.65. The lowest BCUT2D eigenvalue weighted by molar-refractivity contribution is -0.147. The highest BCUT2D eigenvalue weighted by atomic mass is 16.4. The molecule has 1 rings (SSSR count). The van der Waals surface area contributed by atoms with Crippen LogP contribution in [0.1, 0.15) is 5.56 Å². The molecule has 0 aliphatic carbocycles. The summed E-state index contributed by atoms with van der Waals surface area (Å²) in [6.45, 7) is -0.156. The van der Waals surface area contributed by atoms with Gasteiger partial charge in [-0.15, -0.1) is 0 Å². The van der Waals surface area contributed by atoms with Gasteiger partial charge in [0.2, 0.25) is 0 Å². The van der Waals surface area contributed by atoms with E-state index in [1.54, 1.807) is 0 Å². The van der Waals surface area contributed by atoms with Gasteiger partial charge in [0.05, 0.1) is 18.3 Å². The Morgan fingerprint density at radius 1 is 1.85 bits per heavy atom. The van der Waals surface area contributed by atoms with Crippen molar-refractivity contribution in [3.05, 3.63) is 18.0 Å². The van der Waals surface area contributed by atoms with E-state index in [-0.39, 0.29) is 6.54 Å². The molecule has 0 amide bonds. The van der Waals surface area contributed by atoms with Crippen LogP contribution in [0.5, 0.6) is 0 Å². The fraction of sp³-hybridized carbons (Fsp3) is 0.286. The van der Waals surface area contributed by atoms with Gasteiger partial charge < -0.3 is 10.2 Å². The number of aliphatic carboxylic acids is 1. The molecule has 0 fully saturated rings. The van der Waals surface area contributed by atoms with Crippen molar-refractivity contribution < 1.29 is 15.0 Å². The first-order chi connectivity index (χ1) is 6.13. The fourth-order valence-electron chi connectivity index (χ4n) is 0.776. The third kappa shape index (κ3) is 2.28. The summed E-state index contributed by atoms with van der Waals surface area (Å²) in [6.07, 6.45) is 1.17. The number of carboxylic acid groups (broad SMARTS) is 1. The molecule has 0 unspecified atom stereocenters. The highest BCUT2D eigenvalue weighted by Crippen LogP contribution is 1.96. The van der Waals surface area contributed by atoms with Crippen LogP contribution in [0.15, 0.2) is 12.4 Å². The lowest BCUT2D eigenvalue weighted by atomic mass is 10.3. The molecule has 68 valence electrons. The van der Waals surface area contributed by atoms with Crippen LogP contribution in [-0.4, -0.2) is 32.1 Å². The number of aromatic nitrogens is 2. The molecule has 0 aliphatic heterocycles. The van der Waals surface area contributed by atoms with Crippen molar-refractivity contribution in [3.8, 4) is 6.07 Å². The first-order valence-corrected chi connectivity index (χ1v) is 3.47. The van der Waals surface area contributed by atoms with Crippen molar-refractivity contribution in [3.63, 3.8) is 0 Å². The molecule has 1 aromatic rings. The predicted octanol–water partition coefficient (Wildman–Crippen LogP) is -0.800. The van der Waals surface area contributed by atoms with Crippen LogP contribution in [-0.2, 0) is 11.3 Å². The van der Waals surface area contributed by atoms with Gasteiger partial charge in [-0.1, -0.05) is 0 Å². The molecule has 1 atom stereocenters. The smallest absolute Gasteiger partial charge is 0.334 e. The lowest BCUT2D eigenvalue weighted by Crippen LogP contribution is -2.25. The quantitative estimate of drug-likeness (QED) is 0.636. The minimum absolute atomic E-state index is 0.156. The maximum atomic E-state index is 10.2. The van der Waals surface area contributed by atoms with E-state index in [0.717, 1.165) is 0 Å². The van der Waals surface area contributed by atoms with Crippen LogP contribution in [0.25, 0.3) is 0 Å². The number of aliphatic hydroxyl groups excluding tert-OH is 1. The highest BCUT2D eigenvalue weighted by molar-refractivity contribution is 5.71. The summed E-state index contributed by atoms with van der Waals surface area (Å²) < 4.78 is 1.21. The van der Waals surface area contributed by atoms with Gasteiger partial charge in [-0.2, -0.15) is 10.4 Å². The van der Waals surface area contributed by atoms with Crippen molar-refractivity contribution in [2.24, 2.45) is 0 Å². The average molecular weight is 181 g/mol. The van der Waals surface area contributed by atoms with Crippen molar-refractivity contribution in [1.29, 1.82) is 5.26 Å². The number of nitrogens with zero attached hydrogens (tertiary/aromatic N) is 3. The minimum atomic E-state index is -1.49. The summed E-state index contributed by atoms with van der Waals surface area (Å²) in [4.78, 5) is 10.2. The first-order valence-electron chi connectivity index (χ1n) is 3.47.